The minimum atomic E-state index is -1.03. The quantitative estimate of drug-likeness (QED) is 0.797. The van der Waals surface area contributed by atoms with Gasteiger partial charge in [0.2, 0.25) is 11.7 Å². The SMILES string of the molecule is O=C(O)c1cccn1Cc1nc(-c2ccc(F)cc2)no1. The van der Waals surface area contributed by atoms with Crippen molar-refractivity contribution >= 4 is 5.97 Å². The molecule has 0 bridgehead atoms. The van der Waals surface area contributed by atoms with E-state index in [1.165, 1.54) is 22.8 Å². The second-order valence-corrected chi connectivity index (χ2v) is 4.35. The Morgan fingerprint density at radius 1 is 1.29 bits per heavy atom. The highest BCUT2D eigenvalue weighted by atomic mass is 19.1. The molecule has 0 spiro atoms. The molecule has 1 N–H and O–H groups in total. The van der Waals surface area contributed by atoms with Gasteiger partial charge >= 0.3 is 5.97 Å². The summed E-state index contributed by atoms with van der Waals surface area (Å²) in [6, 6.07) is 8.81. The molecule has 0 aliphatic carbocycles. The van der Waals surface area contributed by atoms with Gasteiger partial charge in [0.25, 0.3) is 0 Å². The van der Waals surface area contributed by atoms with Crippen molar-refractivity contribution in [2.45, 2.75) is 6.54 Å². The van der Waals surface area contributed by atoms with E-state index in [1.807, 2.05) is 0 Å². The van der Waals surface area contributed by atoms with E-state index in [0.29, 0.717) is 11.4 Å². The van der Waals surface area contributed by atoms with Gasteiger partial charge < -0.3 is 14.2 Å². The lowest BCUT2D eigenvalue weighted by atomic mass is 10.2. The lowest BCUT2D eigenvalue weighted by molar-refractivity contribution is 0.0685. The molecule has 7 heteroatoms. The van der Waals surface area contributed by atoms with Crippen LogP contribution in [0.4, 0.5) is 4.39 Å². The maximum atomic E-state index is 12.9. The number of halogens is 1. The molecule has 0 aliphatic rings. The number of carboxylic acid groups (broad SMARTS) is 1. The van der Waals surface area contributed by atoms with Crippen molar-refractivity contribution in [1.29, 1.82) is 0 Å². The van der Waals surface area contributed by atoms with Crippen LogP contribution in [0.15, 0.2) is 47.1 Å². The summed E-state index contributed by atoms with van der Waals surface area (Å²) < 4.78 is 19.4. The minimum absolute atomic E-state index is 0.136. The largest absolute Gasteiger partial charge is 0.477 e. The molecule has 0 amide bonds. The van der Waals surface area contributed by atoms with Gasteiger partial charge in [0.05, 0.1) is 0 Å². The summed E-state index contributed by atoms with van der Waals surface area (Å²) in [5.74, 6) is -0.777. The van der Waals surface area contributed by atoms with E-state index < -0.39 is 5.97 Å². The Kier molecular flexibility index (Phi) is 3.23. The molecule has 0 saturated heterocycles. The van der Waals surface area contributed by atoms with Crippen molar-refractivity contribution in [3.63, 3.8) is 0 Å². The third-order valence-corrected chi connectivity index (χ3v) is 2.92. The molecule has 0 fully saturated rings. The second-order valence-electron chi connectivity index (χ2n) is 4.35. The standard InChI is InChI=1S/C14H10FN3O3/c15-10-5-3-9(4-6-10)13-16-12(21-17-13)8-18-7-1-2-11(18)14(19)20/h1-7H,8H2,(H,19,20). The van der Waals surface area contributed by atoms with Gasteiger partial charge in [-0.15, -0.1) is 0 Å². The van der Waals surface area contributed by atoms with Crippen molar-refractivity contribution in [1.82, 2.24) is 14.7 Å². The molecule has 2 aromatic heterocycles. The van der Waals surface area contributed by atoms with Crippen LogP contribution in [0.5, 0.6) is 0 Å². The van der Waals surface area contributed by atoms with E-state index in [-0.39, 0.29) is 23.9 Å². The molecule has 2 heterocycles. The van der Waals surface area contributed by atoms with Crippen LogP contribution >= 0.6 is 0 Å². The number of aromatic nitrogens is 3. The maximum Gasteiger partial charge on any atom is 0.352 e. The van der Waals surface area contributed by atoms with Gasteiger partial charge in [-0.1, -0.05) is 5.16 Å². The van der Waals surface area contributed by atoms with Crippen molar-refractivity contribution in [3.8, 4) is 11.4 Å². The summed E-state index contributed by atoms with van der Waals surface area (Å²) in [7, 11) is 0. The Labute approximate surface area is 118 Å². The molecule has 0 unspecified atom stereocenters. The number of nitrogens with zero attached hydrogens (tertiary/aromatic N) is 3. The number of carboxylic acids is 1. The first-order valence-electron chi connectivity index (χ1n) is 6.10. The molecule has 0 aliphatic heterocycles. The van der Waals surface area contributed by atoms with Gasteiger partial charge in [0, 0.05) is 11.8 Å². The van der Waals surface area contributed by atoms with Gasteiger partial charge in [-0.2, -0.15) is 4.98 Å². The zero-order valence-corrected chi connectivity index (χ0v) is 10.7. The topological polar surface area (TPSA) is 81.1 Å². The van der Waals surface area contributed by atoms with Crippen molar-refractivity contribution in [2.24, 2.45) is 0 Å². The van der Waals surface area contributed by atoms with Crippen LogP contribution in [-0.4, -0.2) is 25.8 Å². The van der Waals surface area contributed by atoms with Gasteiger partial charge in [0.1, 0.15) is 18.1 Å². The molecule has 106 valence electrons. The average Bonchev–Trinajstić information content (AvgIpc) is 3.09. The van der Waals surface area contributed by atoms with Crippen LogP contribution in [0.2, 0.25) is 0 Å². The van der Waals surface area contributed by atoms with Gasteiger partial charge in [-0.25, -0.2) is 9.18 Å². The molecular formula is C14H10FN3O3. The Balaban J connectivity index is 1.83. The van der Waals surface area contributed by atoms with Gasteiger partial charge in [-0.3, -0.25) is 0 Å². The summed E-state index contributed by atoms with van der Waals surface area (Å²) in [5.41, 5.74) is 0.758. The van der Waals surface area contributed by atoms with Crippen LogP contribution in [0.3, 0.4) is 0 Å². The van der Waals surface area contributed by atoms with Crippen LogP contribution in [0, 0.1) is 5.82 Å². The zero-order valence-electron chi connectivity index (χ0n) is 10.7. The highest BCUT2D eigenvalue weighted by Crippen LogP contribution is 2.17. The predicted molar refractivity (Wildman–Crippen MR) is 70.2 cm³/mol. The lowest BCUT2D eigenvalue weighted by Crippen LogP contribution is -2.08. The van der Waals surface area contributed by atoms with Gasteiger partial charge in [-0.05, 0) is 36.4 Å². The molecular weight excluding hydrogens is 277 g/mol. The lowest BCUT2D eigenvalue weighted by Gasteiger charge is -2.01. The number of rotatable bonds is 4. The number of benzene rings is 1. The van der Waals surface area contributed by atoms with E-state index in [2.05, 4.69) is 10.1 Å². The number of carbonyl (C=O) groups is 1. The van der Waals surface area contributed by atoms with E-state index in [0.717, 1.165) is 0 Å². The van der Waals surface area contributed by atoms with Crippen LogP contribution in [0.1, 0.15) is 16.4 Å². The van der Waals surface area contributed by atoms with Crippen LogP contribution in [0.25, 0.3) is 11.4 Å². The van der Waals surface area contributed by atoms with Crippen molar-refractivity contribution < 1.29 is 18.8 Å². The van der Waals surface area contributed by atoms with Gasteiger partial charge in [0.15, 0.2) is 0 Å². The minimum Gasteiger partial charge on any atom is -0.477 e. The number of hydrogen-bond donors (Lipinski definition) is 1. The third kappa shape index (κ3) is 2.66. The molecule has 6 nitrogen and oxygen atoms in total. The van der Waals surface area contributed by atoms with Crippen LogP contribution < -0.4 is 0 Å². The van der Waals surface area contributed by atoms with Crippen LogP contribution in [-0.2, 0) is 6.54 Å². The Morgan fingerprint density at radius 3 is 2.76 bits per heavy atom. The zero-order chi connectivity index (χ0) is 14.8. The van der Waals surface area contributed by atoms with E-state index in [9.17, 15) is 9.18 Å². The number of aromatic carboxylic acids is 1. The van der Waals surface area contributed by atoms with E-state index in [1.54, 1.807) is 24.4 Å². The molecule has 0 saturated carbocycles. The summed E-state index contributed by atoms with van der Waals surface area (Å²) in [4.78, 5) is 15.2. The summed E-state index contributed by atoms with van der Waals surface area (Å²) in [6.07, 6.45) is 1.62. The molecule has 3 aromatic rings. The Morgan fingerprint density at radius 2 is 2.05 bits per heavy atom. The highest BCUT2D eigenvalue weighted by Gasteiger charge is 2.13. The Bertz CT molecular complexity index is 777. The fourth-order valence-electron chi connectivity index (χ4n) is 1.93. The maximum absolute atomic E-state index is 12.9. The first kappa shape index (κ1) is 13.0. The van der Waals surface area contributed by atoms with E-state index in [4.69, 9.17) is 9.63 Å². The van der Waals surface area contributed by atoms with Crippen molar-refractivity contribution in [3.05, 3.63) is 60.0 Å². The normalized spacial score (nSPS) is 10.7. The highest BCUT2D eigenvalue weighted by molar-refractivity contribution is 5.85. The average molecular weight is 287 g/mol. The summed E-state index contributed by atoms with van der Waals surface area (Å²) in [5, 5.41) is 12.8. The second kappa shape index (κ2) is 5.20. The predicted octanol–water partition coefficient (Wildman–Crippen LogP) is 2.42. The molecule has 21 heavy (non-hydrogen) atoms. The smallest absolute Gasteiger partial charge is 0.352 e. The third-order valence-electron chi connectivity index (χ3n) is 2.92. The fourth-order valence-corrected chi connectivity index (χ4v) is 1.93. The molecule has 3 rings (SSSR count). The molecule has 0 atom stereocenters. The molecule has 1 aromatic carbocycles. The summed E-state index contributed by atoms with van der Waals surface area (Å²) in [6.45, 7) is 0.156. The monoisotopic (exact) mass is 287 g/mol. The van der Waals surface area contributed by atoms with E-state index >= 15 is 0 Å². The van der Waals surface area contributed by atoms with Crippen molar-refractivity contribution in [2.75, 3.05) is 0 Å². The molecule has 0 radical (unpaired) electrons. The Hall–Kier alpha value is -2.96. The number of hydrogen-bond acceptors (Lipinski definition) is 4. The first-order chi connectivity index (χ1) is 10.1. The first-order valence-corrected chi connectivity index (χ1v) is 6.10. The summed E-state index contributed by atoms with van der Waals surface area (Å²) >= 11 is 0. The fraction of sp³-hybridized carbons (Fsp3) is 0.0714.